The van der Waals surface area contributed by atoms with Crippen LogP contribution in [0.25, 0.3) is 44.3 Å². The van der Waals surface area contributed by atoms with Crippen LogP contribution in [-0.4, -0.2) is 62.8 Å². The second-order valence-electron chi connectivity index (χ2n) is 15.7. The van der Waals surface area contributed by atoms with E-state index in [1.54, 1.807) is 28.4 Å². The van der Waals surface area contributed by atoms with E-state index in [2.05, 4.69) is 31.4 Å². The highest BCUT2D eigenvalue weighted by atomic mass is 16.5. The molecule has 10 nitrogen and oxygen atoms in total. The van der Waals surface area contributed by atoms with Gasteiger partial charge in [-0.3, -0.25) is 9.59 Å². The SMILES string of the molecule is COc1ccc(-c2cc(C(=O)NCC3(C)CC(NC(=O)c4cc(-c5ccc(OC)c(OC)c5)nc5ccccc45)CC(C)(C)C3)c3ccccc3n2)cc1OC. The maximum absolute atomic E-state index is 14.3. The van der Waals surface area contributed by atoms with E-state index in [0.29, 0.717) is 58.5 Å². The molecular weight excluding hydrogens is 705 g/mol. The molecule has 2 atom stereocenters. The van der Waals surface area contributed by atoms with E-state index in [4.69, 9.17) is 28.9 Å². The number of nitrogens with zero attached hydrogens (tertiary/aromatic N) is 2. The highest BCUT2D eigenvalue weighted by molar-refractivity contribution is 6.08. The van der Waals surface area contributed by atoms with Crippen molar-refractivity contribution in [2.45, 2.75) is 46.1 Å². The summed E-state index contributed by atoms with van der Waals surface area (Å²) in [4.78, 5) is 38.2. The van der Waals surface area contributed by atoms with Gasteiger partial charge < -0.3 is 29.6 Å². The summed E-state index contributed by atoms with van der Waals surface area (Å²) in [6, 6.07) is 30.1. The van der Waals surface area contributed by atoms with Gasteiger partial charge in [0.2, 0.25) is 0 Å². The first-order valence-electron chi connectivity index (χ1n) is 18.8. The highest BCUT2D eigenvalue weighted by Gasteiger charge is 2.42. The minimum absolute atomic E-state index is 0.0925. The predicted molar refractivity (Wildman–Crippen MR) is 220 cm³/mol. The monoisotopic (exact) mass is 752 g/mol. The van der Waals surface area contributed by atoms with E-state index in [1.807, 2.05) is 97.1 Å². The molecule has 2 heterocycles. The molecule has 2 aromatic heterocycles. The summed E-state index contributed by atoms with van der Waals surface area (Å²) in [6.45, 7) is 7.10. The van der Waals surface area contributed by atoms with Crippen molar-refractivity contribution >= 4 is 33.6 Å². The van der Waals surface area contributed by atoms with Crippen molar-refractivity contribution in [1.82, 2.24) is 20.6 Å². The van der Waals surface area contributed by atoms with Crippen molar-refractivity contribution in [2.75, 3.05) is 35.0 Å². The average molecular weight is 753 g/mol. The molecule has 56 heavy (non-hydrogen) atoms. The van der Waals surface area contributed by atoms with Crippen LogP contribution in [0.4, 0.5) is 0 Å². The lowest BCUT2D eigenvalue weighted by Crippen LogP contribution is -2.50. The van der Waals surface area contributed by atoms with Gasteiger partial charge >= 0.3 is 0 Å². The Balaban J connectivity index is 1.13. The fourth-order valence-electron chi connectivity index (χ4n) is 8.54. The molecule has 1 aliphatic rings. The number of rotatable bonds is 11. The number of carbonyl (C=O) groups excluding carboxylic acids is 2. The van der Waals surface area contributed by atoms with Crippen LogP contribution in [0.3, 0.4) is 0 Å². The Hall–Kier alpha value is -6.16. The van der Waals surface area contributed by atoms with Crippen LogP contribution in [0.5, 0.6) is 23.0 Å². The number of hydrogen-bond acceptors (Lipinski definition) is 8. The maximum atomic E-state index is 14.3. The first-order valence-corrected chi connectivity index (χ1v) is 18.8. The largest absolute Gasteiger partial charge is 0.493 e. The van der Waals surface area contributed by atoms with E-state index >= 15 is 0 Å². The summed E-state index contributed by atoms with van der Waals surface area (Å²) >= 11 is 0. The lowest BCUT2D eigenvalue weighted by molar-refractivity contribution is 0.0593. The molecule has 6 aromatic rings. The summed E-state index contributed by atoms with van der Waals surface area (Å²) in [5.74, 6) is 2.05. The van der Waals surface area contributed by atoms with Gasteiger partial charge in [-0.05, 0) is 90.8 Å². The number of para-hydroxylation sites is 2. The molecule has 2 N–H and O–H groups in total. The summed E-state index contributed by atoms with van der Waals surface area (Å²) in [5.41, 5.74) is 5.06. The number of carbonyl (C=O) groups is 2. The van der Waals surface area contributed by atoms with Gasteiger partial charge in [0, 0.05) is 34.5 Å². The van der Waals surface area contributed by atoms with E-state index in [9.17, 15) is 9.59 Å². The lowest BCUT2D eigenvalue weighted by atomic mass is 9.62. The van der Waals surface area contributed by atoms with Crippen molar-refractivity contribution in [1.29, 1.82) is 0 Å². The number of ether oxygens (including phenoxy) is 4. The molecule has 0 aliphatic heterocycles. The minimum Gasteiger partial charge on any atom is -0.493 e. The normalized spacial score (nSPS) is 17.6. The van der Waals surface area contributed by atoms with Crippen LogP contribution in [0.15, 0.2) is 97.1 Å². The van der Waals surface area contributed by atoms with Crippen LogP contribution in [0.2, 0.25) is 0 Å². The Labute approximate surface area is 327 Å². The zero-order valence-corrected chi connectivity index (χ0v) is 33.0. The molecular formula is C46H48N4O6. The number of pyridine rings is 2. The van der Waals surface area contributed by atoms with Crippen LogP contribution in [-0.2, 0) is 0 Å². The Morgan fingerprint density at radius 2 is 1.11 bits per heavy atom. The highest BCUT2D eigenvalue weighted by Crippen LogP contribution is 2.46. The Bertz CT molecular complexity index is 2450. The molecule has 0 radical (unpaired) electrons. The molecule has 2 amide bonds. The van der Waals surface area contributed by atoms with Gasteiger partial charge in [0.15, 0.2) is 23.0 Å². The zero-order chi connectivity index (χ0) is 39.6. The van der Waals surface area contributed by atoms with Crippen molar-refractivity contribution in [2.24, 2.45) is 10.8 Å². The van der Waals surface area contributed by atoms with E-state index in [0.717, 1.165) is 45.8 Å². The smallest absolute Gasteiger partial charge is 0.252 e. The van der Waals surface area contributed by atoms with E-state index in [1.165, 1.54) is 0 Å². The summed E-state index contributed by atoms with van der Waals surface area (Å²) < 4.78 is 22.0. The third kappa shape index (κ3) is 7.82. The summed E-state index contributed by atoms with van der Waals surface area (Å²) in [6.07, 6.45) is 2.38. The fourth-order valence-corrected chi connectivity index (χ4v) is 8.54. The Morgan fingerprint density at radius 1 is 0.625 bits per heavy atom. The molecule has 0 spiro atoms. The second kappa shape index (κ2) is 15.5. The number of aromatic nitrogens is 2. The van der Waals surface area contributed by atoms with Gasteiger partial charge in [-0.25, -0.2) is 9.97 Å². The van der Waals surface area contributed by atoms with Crippen LogP contribution in [0, 0.1) is 10.8 Å². The fraction of sp³-hybridized carbons (Fsp3) is 0.304. The number of fused-ring (bicyclic) bond motifs is 2. The Morgan fingerprint density at radius 3 is 1.61 bits per heavy atom. The number of nitrogens with one attached hydrogen (secondary N) is 2. The van der Waals surface area contributed by atoms with Crippen molar-refractivity contribution in [3.63, 3.8) is 0 Å². The van der Waals surface area contributed by atoms with Gasteiger partial charge in [-0.1, -0.05) is 57.2 Å². The number of hydrogen-bond donors (Lipinski definition) is 2. The molecule has 288 valence electrons. The molecule has 0 bridgehead atoms. The van der Waals surface area contributed by atoms with Gasteiger partial charge in [0.05, 0.1) is 62.0 Å². The van der Waals surface area contributed by atoms with Crippen LogP contribution >= 0.6 is 0 Å². The van der Waals surface area contributed by atoms with Crippen molar-refractivity contribution in [3.8, 4) is 45.5 Å². The summed E-state index contributed by atoms with van der Waals surface area (Å²) in [5, 5.41) is 8.22. The Kier molecular flexibility index (Phi) is 10.6. The van der Waals surface area contributed by atoms with Crippen molar-refractivity contribution < 1.29 is 28.5 Å². The maximum Gasteiger partial charge on any atom is 0.252 e. The molecule has 1 aliphatic carbocycles. The molecule has 0 saturated heterocycles. The molecule has 4 aromatic carbocycles. The van der Waals surface area contributed by atoms with E-state index in [-0.39, 0.29) is 28.7 Å². The van der Waals surface area contributed by atoms with Crippen LogP contribution in [0.1, 0.15) is 60.7 Å². The minimum atomic E-state index is -0.296. The molecule has 10 heteroatoms. The topological polar surface area (TPSA) is 121 Å². The van der Waals surface area contributed by atoms with Gasteiger partial charge in [-0.2, -0.15) is 0 Å². The second-order valence-corrected chi connectivity index (χ2v) is 15.7. The number of amides is 2. The predicted octanol–water partition coefficient (Wildman–Crippen LogP) is 8.90. The van der Waals surface area contributed by atoms with Crippen LogP contribution < -0.4 is 29.6 Å². The lowest BCUT2D eigenvalue weighted by Gasteiger charge is -2.47. The summed E-state index contributed by atoms with van der Waals surface area (Å²) in [7, 11) is 6.38. The van der Waals surface area contributed by atoms with Gasteiger partial charge in [-0.15, -0.1) is 0 Å². The first kappa shape index (κ1) is 38.1. The first-order chi connectivity index (χ1) is 26.9. The zero-order valence-electron chi connectivity index (χ0n) is 33.0. The molecule has 2 unspecified atom stereocenters. The molecule has 1 fully saturated rings. The van der Waals surface area contributed by atoms with E-state index < -0.39 is 0 Å². The molecule has 7 rings (SSSR count). The van der Waals surface area contributed by atoms with Gasteiger partial charge in [0.1, 0.15) is 0 Å². The van der Waals surface area contributed by atoms with Crippen molar-refractivity contribution in [3.05, 3.63) is 108 Å². The number of methoxy groups -OCH3 is 4. The standard InChI is InChI=1S/C46H48N4O6/c1-45(2)24-30(48-44(52)34-23-38(50-36-15-11-9-13-32(34)36)29-17-19-40(54-5)42(21-29)56-7)25-46(3,26-45)27-47-43(51)33-22-37(49-35-14-10-8-12-31(33)35)28-16-18-39(53-4)41(20-28)55-6/h8-23,30H,24-27H2,1-7H3,(H,47,51)(H,48,52). The third-order valence-corrected chi connectivity index (χ3v) is 10.7. The quantitative estimate of drug-likeness (QED) is 0.135. The average Bonchev–Trinajstić information content (AvgIpc) is 3.20. The number of benzene rings is 4. The van der Waals surface area contributed by atoms with Gasteiger partial charge in [0.25, 0.3) is 11.8 Å². The third-order valence-electron chi connectivity index (χ3n) is 10.7. The molecule has 1 saturated carbocycles.